The Morgan fingerprint density at radius 3 is 1.22 bits per heavy atom. The van der Waals surface area contributed by atoms with Crippen molar-refractivity contribution < 1.29 is 18.6 Å². The van der Waals surface area contributed by atoms with Gasteiger partial charge >= 0.3 is 14.2 Å². The van der Waals surface area contributed by atoms with Crippen molar-refractivity contribution in [2.45, 2.75) is 77.8 Å². The Hall–Kier alpha value is -5.12. The Balaban J connectivity index is 1.20. The minimum Gasteiger partial charge on any atom is -0.399 e. The van der Waals surface area contributed by atoms with E-state index in [1.54, 1.807) is 0 Å². The summed E-state index contributed by atoms with van der Waals surface area (Å²) >= 11 is 0. The van der Waals surface area contributed by atoms with Gasteiger partial charge < -0.3 is 23.2 Å². The van der Waals surface area contributed by atoms with Gasteiger partial charge in [0.25, 0.3) is 0 Å². The predicted molar refractivity (Wildman–Crippen MR) is 222 cm³/mol. The molecule has 0 N–H and O–H groups in total. The van der Waals surface area contributed by atoms with Gasteiger partial charge in [0.05, 0.1) is 33.4 Å². The Bertz CT molecular complexity index is 2400. The van der Waals surface area contributed by atoms with Crippen LogP contribution in [-0.2, 0) is 18.6 Å². The van der Waals surface area contributed by atoms with E-state index in [2.05, 4.69) is 121 Å². The Labute approximate surface area is 323 Å². The van der Waals surface area contributed by atoms with E-state index in [0.29, 0.717) is 17.5 Å². The molecule has 0 atom stereocenters. The van der Waals surface area contributed by atoms with Gasteiger partial charge in [0.15, 0.2) is 17.5 Å². The van der Waals surface area contributed by atoms with Crippen molar-refractivity contribution in [3.8, 4) is 39.9 Å². The summed E-state index contributed by atoms with van der Waals surface area (Å²) < 4.78 is 28.4. The van der Waals surface area contributed by atoms with Crippen LogP contribution in [-0.4, -0.2) is 56.2 Å². The van der Waals surface area contributed by atoms with E-state index in [4.69, 9.17) is 33.6 Å². The molecule has 274 valence electrons. The third-order valence-corrected chi connectivity index (χ3v) is 11.9. The number of nitrogens with zero attached hydrogens (tertiary/aromatic N) is 4. The fourth-order valence-electron chi connectivity index (χ4n) is 7.31. The van der Waals surface area contributed by atoms with Crippen LogP contribution in [0.4, 0.5) is 0 Å². The zero-order chi connectivity index (χ0) is 38.3. The topological polar surface area (TPSA) is 80.5 Å². The minimum absolute atomic E-state index is 0.458. The molecule has 2 saturated heterocycles. The molecule has 55 heavy (non-hydrogen) atoms. The van der Waals surface area contributed by atoms with Crippen LogP contribution >= 0.6 is 0 Å². The van der Waals surface area contributed by atoms with Crippen molar-refractivity contribution >= 4 is 47.0 Å². The molecule has 0 aliphatic carbocycles. The van der Waals surface area contributed by atoms with E-state index in [0.717, 1.165) is 55.1 Å². The van der Waals surface area contributed by atoms with Crippen LogP contribution in [0.1, 0.15) is 55.4 Å². The molecule has 0 radical (unpaired) electrons. The van der Waals surface area contributed by atoms with E-state index in [9.17, 15) is 0 Å². The summed E-state index contributed by atoms with van der Waals surface area (Å²) in [6.07, 6.45) is 0. The molecule has 0 saturated carbocycles. The van der Waals surface area contributed by atoms with Crippen LogP contribution < -0.4 is 10.9 Å². The summed E-state index contributed by atoms with van der Waals surface area (Å²) in [6.45, 7) is 16.7. The Morgan fingerprint density at radius 2 is 0.800 bits per heavy atom. The predicted octanol–water partition coefficient (Wildman–Crippen LogP) is 8.57. The molecule has 2 aliphatic rings. The molecule has 10 heteroatoms. The van der Waals surface area contributed by atoms with Gasteiger partial charge in [0.2, 0.25) is 0 Å². The number of hydrogen-bond donors (Lipinski definition) is 0. The number of rotatable bonds is 6. The molecule has 8 nitrogen and oxygen atoms in total. The van der Waals surface area contributed by atoms with Crippen LogP contribution in [0.2, 0.25) is 0 Å². The molecule has 2 aliphatic heterocycles. The van der Waals surface area contributed by atoms with Crippen LogP contribution in [0.15, 0.2) is 121 Å². The first-order valence-corrected chi connectivity index (χ1v) is 19.0. The summed E-state index contributed by atoms with van der Waals surface area (Å²) in [7, 11) is -0.993. The number of hydrogen-bond acceptors (Lipinski definition) is 7. The minimum atomic E-state index is -0.496. The molecule has 4 heterocycles. The molecule has 9 rings (SSSR count). The van der Waals surface area contributed by atoms with Gasteiger partial charge in [-0.1, -0.05) is 97.1 Å². The third kappa shape index (κ3) is 6.08. The lowest BCUT2D eigenvalue weighted by Gasteiger charge is -2.32. The van der Waals surface area contributed by atoms with Crippen molar-refractivity contribution in [3.63, 3.8) is 0 Å². The summed E-state index contributed by atoms with van der Waals surface area (Å²) in [5.41, 5.74) is 5.91. The van der Waals surface area contributed by atoms with E-state index in [1.807, 2.05) is 60.7 Å². The van der Waals surface area contributed by atoms with E-state index in [-0.39, 0.29) is 0 Å². The molecule has 2 fully saturated rings. The van der Waals surface area contributed by atoms with Gasteiger partial charge in [-0.2, -0.15) is 0 Å². The second-order valence-electron chi connectivity index (χ2n) is 16.7. The van der Waals surface area contributed by atoms with Gasteiger partial charge in [-0.15, -0.1) is 0 Å². The lowest BCUT2D eigenvalue weighted by atomic mass is 9.77. The first-order valence-electron chi connectivity index (χ1n) is 19.0. The van der Waals surface area contributed by atoms with Gasteiger partial charge in [0.1, 0.15) is 0 Å². The van der Waals surface area contributed by atoms with Crippen LogP contribution in [0, 0.1) is 0 Å². The van der Waals surface area contributed by atoms with Gasteiger partial charge in [-0.3, -0.25) is 0 Å². The SMILES string of the molecule is CC1(C)OB(c2ccc3c(c2)c2cc(B4OC(C)(C)C(C)(C)O4)ccc2n3-c2cccc(-c3nc(-c4ccccc4)nc(-c4ccccc4)n3)c2)OC1(C)C. The molecule has 5 aromatic carbocycles. The third-order valence-electron chi connectivity index (χ3n) is 11.9. The molecule has 7 aromatic rings. The highest BCUT2D eigenvalue weighted by atomic mass is 16.7. The van der Waals surface area contributed by atoms with Crippen LogP contribution in [0.25, 0.3) is 61.7 Å². The number of fused-ring (bicyclic) bond motifs is 3. The summed E-state index contributed by atoms with van der Waals surface area (Å²) in [6, 6.07) is 41.5. The van der Waals surface area contributed by atoms with Crippen molar-refractivity contribution in [2.24, 2.45) is 0 Å². The Kier molecular flexibility index (Phi) is 8.22. The average Bonchev–Trinajstić information content (AvgIpc) is 3.71. The summed E-state index contributed by atoms with van der Waals surface area (Å²) in [4.78, 5) is 14.9. The average molecular weight is 726 g/mol. The number of benzene rings is 5. The molecule has 0 bridgehead atoms. The van der Waals surface area contributed by atoms with Gasteiger partial charge in [0, 0.05) is 33.2 Å². The smallest absolute Gasteiger partial charge is 0.399 e. The van der Waals surface area contributed by atoms with E-state index >= 15 is 0 Å². The van der Waals surface area contributed by atoms with E-state index < -0.39 is 36.6 Å². The summed E-state index contributed by atoms with van der Waals surface area (Å²) in [5.74, 6) is 1.84. The monoisotopic (exact) mass is 726 g/mol. The first-order chi connectivity index (χ1) is 26.2. The second kappa shape index (κ2) is 12.7. The highest BCUT2D eigenvalue weighted by molar-refractivity contribution is 6.63. The maximum Gasteiger partial charge on any atom is 0.494 e. The lowest BCUT2D eigenvalue weighted by molar-refractivity contribution is 0.00578. The normalized spacial score (nSPS) is 18.4. The zero-order valence-corrected chi connectivity index (χ0v) is 32.6. The highest BCUT2D eigenvalue weighted by Gasteiger charge is 2.53. The maximum atomic E-state index is 6.51. The number of aromatic nitrogens is 4. The van der Waals surface area contributed by atoms with Crippen molar-refractivity contribution in [1.82, 2.24) is 19.5 Å². The zero-order valence-electron chi connectivity index (χ0n) is 32.6. The maximum absolute atomic E-state index is 6.51. The van der Waals surface area contributed by atoms with Crippen LogP contribution in [0.5, 0.6) is 0 Å². The largest absolute Gasteiger partial charge is 0.494 e. The van der Waals surface area contributed by atoms with Gasteiger partial charge in [-0.25, -0.2) is 15.0 Å². The lowest BCUT2D eigenvalue weighted by Crippen LogP contribution is -2.41. The molecule has 2 aromatic heterocycles. The molecular weight excluding hydrogens is 682 g/mol. The fraction of sp³-hybridized carbons (Fsp3) is 0.267. The van der Waals surface area contributed by atoms with Gasteiger partial charge in [-0.05, 0) is 90.6 Å². The van der Waals surface area contributed by atoms with Crippen molar-refractivity contribution in [2.75, 3.05) is 0 Å². The van der Waals surface area contributed by atoms with Crippen molar-refractivity contribution in [1.29, 1.82) is 0 Å². The molecular formula is C45H44B2N4O4. The fourth-order valence-corrected chi connectivity index (χ4v) is 7.31. The molecule has 0 amide bonds. The molecule has 0 spiro atoms. The standard InChI is InChI=1S/C45H44B2N4O4/c1-42(2)43(3,4)53-46(52-42)32-22-24-37-35(27-32)36-28-33(47-54-44(5,6)45(7,8)55-47)23-25-38(36)51(37)34-21-15-20-31(26-34)41-49-39(29-16-11-9-12-17-29)48-40(50-41)30-18-13-10-14-19-30/h9-28H,1-8H3. The molecule has 0 unspecified atom stereocenters. The highest BCUT2D eigenvalue weighted by Crippen LogP contribution is 2.39. The quantitative estimate of drug-likeness (QED) is 0.159. The Morgan fingerprint density at radius 1 is 0.418 bits per heavy atom. The van der Waals surface area contributed by atoms with Crippen LogP contribution in [0.3, 0.4) is 0 Å². The summed E-state index contributed by atoms with van der Waals surface area (Å²) in [5, 5.41) is 2.15. The second-order valence-corrected chi connectivity index (χ2v) is 16.7. The van der Waals surface area contributed by atoms with Crippen molar-refractivity contribution in [3.05, 3.63) is 121 Å². The first kappa shape index (κ1) is 35.6. The van der Waals surface area contributed by atoms with E-state index in [1.165, 1.54) is 0 Å².